The Bertz CT molecular complexity index is 4510. The minimum atomic E-state index is -0.327. The zero-order chi connectivity index (χ0) is 74.5. The second-order valence-corrected chi connectivity index (χ2v) is 25.8. The van der Waals surface area contributed by atoms with Crippen molar-refractivity contribution in [1.29, 1.82) is 0 Å². The fraction of sp³-hybridized carbons (Fsp3) is 0.309. The number of carbonyl (C=O) groups is 5. The molecular formula is C81H84N8O17. The van der Waals surface area contributed by atoms with Crippen molar-refractivity contribution in [3.05, 3.63) is 201 Å². The highest BCUT2D eigenvalue weighted by Crippen LogP contribution is 2.45. The molecule has 0 radical (unpaired) electrons. The average Bonchev–Trinajstić information content (AvgIpc) is 1.62. The van der Waals surface area contributed by atoms with Crippen LogP contribution >= 0.6 is 0 Å². The Labute approximate surface area is 614 Å². The topological polar surface area (TPSA) is 282 Å². The lowest BCUT2D eigenvalue weighted by molar-refractivity contribution is -0.142. The van der Waals surface area contributed by atoms with Gasteiger partial charge in [-0.1, -0.05) is 60.7 Å². The maximum absolute atomic E-state index is 14.0. The summed E-state index contributed by atoms with van der Waals surface area (Å²) < 4.78 is 49.9. The van der Waals surface area contributed by atoms with E-state index in [0.717, 1.165) is 73.8 Å². The summed E-state index contributed by atoms with van der Waals surface area (Å²) >= 11 is 0. The molecule has 0 saturated carbocycles. The van der Waals surface area contributed by atoms with Crippen molar-refractivity contribution in [2.75, 3.05) is 114 Å². The predicted octanol–water partition coefficient (Wildman–Crippen LogP) is 10.8. The zero-order valence-electron chi connectivity index (χ0n) is 60.1. The van der Waals surface area contributed by atoms with E-state index in [9.17, 15) is 39.3 Å². The summed E-state index contributed by atoms with van der Waals surface area (Å²) in [5.41, 5.74) is 13.8. The Morgan fingerprint density at radius 3 is 1.16 bits per heavy atom. The summed E-state index contributed by atoms with van der Waals surface area (Å²) in [6, 6.07) is 44.7. The molecule has 106 heavy (non-hydrogen) atoms. The summed E-state index contributed by atoms with van der Waals surface area (Å²) in [6.07, 6.45) is 7.99. The van der Waals surface area contributed by atoms with Crippen LogP contribution in [0.5, 0.6) is 34.5 Å². The number of rotatable bonds is 25. The van der Waals surface area contributed by atoms with Gasteiger partial charge >= 0.3 is 11.9 Å². The Morgan fingerprint density at radius 2 is 0.792 bits per heavy atom. The van der Waals surface area contributed by atoms with Gasteiger partial charge in [-0.15, -0.1) is 0 Å². The Hall–Kier alpha value is -11.6. The van der Waals surface area contributed by atoms with E-state index in [0.29, 0.717) is 103 Å². The molecule has 3 amide bonds. The standard InChI is InChI=1S/C49H47N5O9.C17H14N2O3.C15H23NO5/c1-52(14-16-61-15-13-47(55)60-4)34-18-30(28-62-45-24-39-37(22-43(45)58-2)48(56)53-35(26-50-39)20-32-9-5-7-11-41(32)53)17-31(19-34)29-63-46-25-40-38(23-44(46)59-3)49(57)54-36(27-51-40)21-33-10-6-8-12-42(33)54;1-22-16-7-12-13(8-15(16)20)18-9-11-6-10-4-2-3-5-14(10)19(11)17(12)21;1-16(4-6-21-5-3-15(19)20-2)14-8-12(10-17)7-13(9-14)11-18/h5-12,17-19,22-27,35-36H,13-16,20-21,28-29H2,1-4H3;2-5,7-9,11,20H,6H2,1H3;7-9,17-18H,3-6,10-11H2,1-2H3/t35-,36-;11-;/m00./s1. The molecule has 14 rings (SSSR count). The fourth-order valence-corrected chi connectivity index (χ4v) is 13.4. The molecular weight excluding hydrogens is 1360 g/mol. The first-order chi connectivity index (χ1) is 51.5. The van der Waals surface area contributed by atoms with Gasteiger partial charge in [0.1, 0.15) is 13.2 Å². The second kappa shape index (κ2) is 33.9. The van der Waals surface area contributed by atoms with Gasteiger partial charge in [-0.25, -0.2) is 0 Å². The largest absolute Gasteiger partial charge is 0.504 e. The van der Waals surface area contributed by atoms with Crippen LogP contribution in [0.2, 0.25) is 0 Å². The van der Waals surface area contributed by atoms with Crippen LogP contribution in [0.4, 0.5) is 45.5 Å². The van der Waals surface area contributed by atoms with Crippen LogP contribution in [0.1, 0.15) is 82.9 Å². The third-order valence-electron chi connectivity index (χ3n) is 19.0. The highest BCUT2D eigenvalue weighted by Gasteiger charge is 2.40. The SMILES string of the molecule is COC(=O)CCOCCN(C)c1cc(CO)cc(CO)c1.COC(=O)CCOCCN(C)c1cc(COc2cc3c(cc2OC)C(=O)N2c4ccccc4C[C@H]2C=N3)cc(COc2cc3c(cc2OC)C(=O)N2c4ccccc4C[C@H]2C=N3)c1.COc1cc2c(cc1O)N=C[C@@H]1Cc3ccccc3N1C2=O. The molecule has 25 nitrogen and oxygen atoms in total. The van der Waals surface area contributed by atoms with Gasteiger partial charge in [0, 0.05) is 112 Å². The van der Waals surface area contributed by atoms with Crippen LogP contribution in [0.3, 0.4) is 0 Å². The first kappa shape index (κ1) is 74.1. The molecule has 8 aromatic carbocycles. The lowest BCUT2D eigenvalue weighted by Gasteiger charge is -2.23. The van der Waals surface area contributed by atoms with Gasteiger partial charge < -0.3 is 67.8 Å². The molecule has 0 unspecified atom stereocenters. The number of benzene rings is 8. The van der Waals surface area contributed by atoms with Crippen molar-refractivity contribution in [1.82, 2.24) is 0 Å². The third-order valence-corrected chi connectivity index (χ3v) is 19.0. The van der Waals surface area contributed by atoms with E-state index in [-0.39, 0.29) is 105 Å². The summed E-state index contributed by atoms with van der Waals surface area (Å²) in [6.45, 7) is 2.79. The summed E-state index contributed by atoms with van der Waals surface area (Å²) in [4.78, 5) is 86.8. The predicted molar refractivity (Wildman–Crippen MR) is 402 cm³/mol. The number of methoxy groups -OCH3 is 5. The van der Waals surface area contributed by atoms with E-state index in [4.69, 9.17) is 47.9 Å². The molecule has 550 valence electrons. The van der Waals surface area contributed by atoms with Gasteiger partial charge in [-0.05, 0) is 106 Å². The normalized spacial score (nSPS) is 15.7. The van der Waals surface area contributed by atoms with Crippen molar-refractivity contribution in [3.8, 4) is 34.5 Å². The van der Waals surface area contributed by atoms with E-state index >= 15 is 0 Å². The summed E-state index contributed by atoms with van der Waals surface area (Å²) in [5, 5.41) is 28.3. The van der Waals surface area contributed by atoms with E-state index in [2.05, 4.69) is 9.73 Å². The van der Waals surface area contributed by atoms with Gasteiger partial charge in [0.25, 0.3) is 17.7 Å². The van der Waals surface area contributed by atoms with Crippen molar-refractivity contribution >= 4 is 93.8 Å². The van der Waals surface area contributed by atoms with Crippen molar-refractivity contribution in [2.24, 2.45) is 15.0 Å². The monoisotopic (exact) mass is 1440 g/mol. The minimum absolute atomic E-state index is 0.0198. The van der Waals surface area contributed by atoms with E-state index < -0.39 is 0 Å². The number of aromatic hydroxyl groups is 1. The smallest absolute Gasteiger partial charge is 0.307 e. The van der Waals surface area contributed by atoms with E-state index in [1.165, 1.54) is 27.4 Å². The van der Waals surface area contributed by atoms with Crippen molar-refractivity contribution in [3.63, 3.8) is 0 Å². The molecule has 6 aliphatic rings. The Balaban J connectivity index is 0.000000198. The third kappa shape index (κ3) is 16.5. The molecule has 25 heteroatoms. The zero-order valence-corrected chi connectivity index (χ0v) is 60.1. The number of phenols is 1. The molecule has 8 aromatic rings. The number of fused-ring (bicyclic) bond motifs is 12. The van der Waals surface area contributed by atoms with Gasteiger partial charge in [0.2, 0.25) is 0 Å². The average molecular weight is 1440 g/mol. The van der Waals surface area contributed by atoms with Gasteiger partial charge in [0.05, 0.1) is 140 Å². The number of nitrogens with zero attached hydrogens (tertiary/aromatic N) is 8. The number of hydrogen-bond donors (Lipinski definition) is 3. The van der Waals surface area contributed by atoms with Crippen molar-refractivity contribution < 1.29 is 81.9 Å². The quantitative estimate of drug-likeness (QED) is 0.0354. The molecule has 0 aromatic heterocycles. The van der Waals surface area contributed by atoms with Crippen LogP contribution in [0.15, 0.2) is 161 Å². The second-order valence-electron chi connectivity index (χ2n) is 25.8. The summed E-state index contributed by atoms with van der Waals surface area (Å²) in [7, 11) is 11.1. The number of phenolic OH excluding ortho intramolecular Hbond substituents is 1. The van der Waals surface area contributed by atoms with E-state index in [1.54, 1.807) is 71.5 Å². The molecule has 3 N–H and O–H groups in total. The molecule has 0 saturated heterocycles. The number of ether oxygens (including phenoxy) is 9. The molecule has 0 spiro atoms. The number of para-hydroxylation sites is 3. The first-order valence-corrected chi connectivity index (χ1v) is 34.7. The number of aliphatic hydroxyl groups excluding tert-OH is 2. The maximum Gasteiger partial charge on any atom is 0.307 e. The molecule has 0 fully saturated rings. The molecule has 6 aliphatic heterocycles. The lowest BCUT2D eigenvalue weighted by atomic mass is 10.1. The molecule has 3 atom stereocenters. The highest BCUT2D eigenvalue weighted by atomic mass is 16.5. The van der Waals surface area contributed by atoms with Crippen LogP contribution in [-0.2, 0) is 74.2 Å². The summed E-state index contributed by atoms with van der Waals surface area (Å²) in [5.74, 6) is 0.915. The molecule has 0 bridgehead atoms. The number of amides is 3. The van der Waals surface area contributed by atoms with E-state index in [1.807, 2.05) is 139 Å². The number of esters is 2. The number of aliphatic hydroxyl groups is 2. The van der Waals surface area contributed by atoms with Crippen LogP contribution < -0.4 is 48.2 Å². The van der Waals surface area contributed by atoms with Gasteiger partial charge in [-0.3, -0.25) is 53.6 Å². The number of hydrogen-bond acceptors (Lipinski definition) is 22. The van der Waals surface area contributed by atoms with Crippen LogP contribution in [-0.4, -0.2) is 171 Å². The lowest BCUT2D eigenvalue weighted by Crippen LogP contribution is -2.37. The number of aliphatic imine (C=N–C) groups is 3. The van der Waals surface area contributed by atoms with Crippen LogP contribution in [0.25, 0.3) is 0 Å². The fourth-order valence-electron chi connectivity index (χ4n) is 13.4. The Morgan fingerprint density at radius 1 is 0.443 bits per heavy atom. The molecule has 0 aliphatic carbocycles. The van der Waals surface area contributed by atoms with Crippen molar-refractivity contribution in [2.45, 2.75) is 76.7 Å². The maximum atomic E-state index is 14.0. The minimum Gasteiger partial charge on any atom is -0.504 e. The number of carbonyl (C=O) groups excluding carboxylic acids is 5. The first-order valence-electron chi connectivity index (χ1n) is 34.7. The number of likely N-dealkylation sites (N-methyl/N-ethyl adjacent to an activating group) is 2. The Kier molecular flexibility index (Phi) is 23.7. The highest BCUT2D eigenvalue weighted by molar-refractivity contribution is 6.17. The molecule has 6 heterocycles. The van der Waals surface area contributed by atoms with Crippen LogP contribution in [0, 0.1) is 0 Å². The van der Waals surface area contributed by atoms with Gasteiger partial charge in [0.15, 0.2) is 34.5 Å². The van der Waals surface area contributed by atoms with Gasteiger partial charge in [-0.2, -0.15) is 0 Å². The number of anilines is 5.